The zero-order valence-corrected chi connectivity index (χ0v) is 26.3. The molecular weight excluding hydrogens is 564 g/mol. The lowest BCUT2D eigenvalue weighted by Gasteiger charge is -2.29. The van der Waals surface area contributed by atoms with Gasteiger partial charge in [0.15, 0.2) is 0 Å². The van der Waals surface area contributed by atoms with Gasteiger partial charge in [0.2, 0.25) is 0 Å². The largest absolute Gasteiger partial charge is 0.457 e. The fraction of sp³-hybridized carbons (Fsp3) is 0.143. The highest BCUT2D eigenvalue weighted by atomic mass is 16.5. The molecule has 4 nitrogen and oxygen atoms in total. The van der Waals surface area contributed by atoms with Crippen molar-refractivity contribution in [3.8, 4) is 59.8 Å². The summed E-state index contributed by atoms with van der Waals surface area (Å²) < 4.78 is 12.0. The molecule has 0 amide bonds. The fourth-order valence-electron chi connectivity index (χ4n) is 5.40. The van der Waals surface area contributed by atoms with Crippen LogP contribution in [0.3, 0.4) is 0 Å². The molecule has 0 atom stereocenters. The van der Waals surface area contributed by atoms with Crippen molar-refractivity contribution in [2.45, 2.75) is 38.5 Å². The molecule has 0 aliphatic carbocycles. The van der Waals surface area contributed by atoms with Crippen molar-refractivity contribution in [2.24, 2.45) is 0 Å². The van der Waals surface area contributed by atoms with E-state index < -0.39 is 0 Å². The van der Waals surface area contributed by atoms with Gasteiger partial charge in [-0.25, -0.2) is 0 Å². The highest BCUT2D eigenvalue weighted by Gasteiger charge is 2.27. The summed E-state index contributed by atoms with van der Waals surface area (Å²) >= 11 is 0. The van der Waals surface area contributed by atoms with Crippen molar-refractivity contribution in [1.82, 2.24) is 0 Å². The third-order valence-electron chi connectivity index (χ3n) is 8.49. The number of hydrogen-bond acceptors (Lipinski definition) is 4. The molecule has 0 saturated carbocycles. The molecule has 0 bridgehead atoms. The molecule has 0 fully saturated rings. The summed E-state index contributed by atoms with van der Waals surface area (Å²) in [5.41, 5.74) is 6.13. The molecule has 0 aliphatic heterocycles. The second kappa shape index (κ2) is 12.8. The average Bonchev–Trinajstić information content (AvgIpc) is 3.08. The maximum atomic E-state index is 9.31. The molecule has 0 heterocycles. The second-order valence-corrected chi connectivity index (χ2v) is 12.0. The van der Waals surface area contributed by atoms with Crippen LogP contribution in [-0.2, 0) is 10.8 Å². The quantitative estimate of drug-likeness (QED) is 0.167. The SMILES string of the molecule is C#Cc1ccc(Oc2ccc(C(C)(C)c3ccc(C(C)(C)c4ccc(Oc5ccc(C#N)c(C#N)c5)cc4)cc3)cc2)cc1C#C. The summed E-state index contributed by atoms with van der Waals surface area (Å²) in [5.74, 6) is 7.73. The zero-order chi connectivity index (χ0) is 32.9. The van der Waals surface area contributed by atoms with E-state index >= 15 is 0 Å². The Morgan fingerprint density at radius 1 is 0.435 bits per heavy atom. The molecule has 5 aromatic rings. The third-order valence-corrected chi connectivity index (χ3v) is 8.49. The normalized spacial score (nSPS) is 11.0. The van der Waals surface area contributed by atoms with Crippen molar-refractivity contribution < 1.29 is 9.47 Å². The molecule has 222 valence electrons. The van der Waals surface area contributed by atoms with Crippen molar-refractivity contribution in [1.29, 1.82) is 10.5 Å². The zero-order valence-electron chi connectivity index (χ0n) is 26.3. The predicted octanol–water partition coefficient (Wildman–Crippen LogP) is 9.63. The van der Waals surface area contributed by atoms with E-state index in [1.807, 2.05) is 42.5 Å². The van der Waals surface area contributed by atoms with Gasteiger partial charge in [0.25, 0.3) is 0 Å². The molecule has 0 N–H and O–H groups in total. The van der Waals surface area contributed by atoms with Crippen LogP contribution in [0, 0.1) is 47.3 Å². The highest BCUT2D eigenvalue weighted by molar-refractivity contribution is 5.53. The van der Waals surface area contributed by atoms with Crippen LogP contribution in [0.15, 0.2) is 109 Å². The van der Waals surface area contributed by atoms with Gasteiger partial charge in [-0.1, -0.05) is 88.1 Å². The predicted molar refractivity (Wildman–Crippen MR) is 182 cm³/mol. The minimum Gasteiger partial charge on any atom is -0.457 e. The summed E-state index contributed by atoms with van der Waals surface area (Å²) in [6, 6.07) is 39.2. The number of rotatable bonds is 8. The standard InChI is InChI=1S/C42H32N2O2/c1-7-29-9-19-39(25-30(29)8-2)45-37-21-15-35(16-22-37)41(3,4)33-11-13-34(14-12-33)42(5,6)36-17-23-38(24-18-36)46-40-20-10-31(27-43)32(26-40)28-44/h1-2,9-26H,3-6H3. The van der Waals surface area contributed by atoms with Crippen molar-refractivity contribution >= 4 is 0 Å². The van der Waals surface area contributed by atoms with Gasteiger partial charge in [0, 0.05) is 22.0 Å². The number of benzene rings is 5. The first-order valence-electron chi connectivity index (χ1n) is 14.8. The molecule has 5 aromatic carbocycles. The highest BCUT2D eigenvalue weighted by Crippen LogP contribution is 2.37. The maximum Gasteiger partial charge on any atom is 0.128 e. The van der Waals surface area contributed by atoms with Crippen LogP contribution >= 0.6 is 0 Å². The Hall–Kier alpha value is -6.20. The molecule has 0 spiro atoms. The topological polar surface area (TPSA) is 66.0 Å². The van der Waals surface area contributed by atoms with E-state index in [4.69, 9.17) is 27.6 Å². The van der Waals surface area contributed by atoms with Gasteiger partial charge in [-0.15, -0.1) is 12.8 Å². The summed E-state index contributed by atoms with van der Waals surface area (Å²) in [4.78, 5) is 0. The van der Waals surface area contributed by atoms with Crippen molar-refractivity contribution in [3.63, 3.8) is 0 Å². The molecule has 0 radical (unpaired) electrons. The number of ether oxygens (including phenoxy) is 2. The Morgan fingerprint density at radius 3 is 1.13 bits per heavy atom. The van der Waals surface area contributed by atoms with E-state index in [0.29, 0.717) is 45.3 Å². The number of terminal acetylenes is 2. The van der Waals surface area contributed by atoms with Crippen molar-refractivity contribution in [3.05, 3.63) is 154 Å². The van der Waals surface area contributed by atoms with Gasteiger partial charge in [-0.05, 0) is 82.9 Å². The maximum absolute atomic E-state index is 9.31. The average molecular weight is 597 g/mol. The molecule has 0 unspecified atom stereocenters. The van der Waals surface area contributed by atoms with E-state index in [0.717, 1.165) is 5.56 Å². The Morgan fingerprint density at radius 2 is 0.761 bits per heavy atom. The monoisotopic (exact) mass is 596 g/mol. The summed E-state index contributed by atoms with van der Waals surface area (Å²) in [6.07, 6.45) is 11.1. The first-order valence-corrected chi connectivity index (χ1v) is 14.8. The van der Waals surface area contributed by atoms with E-state index in [-0.39, 0.29) is 10.8 Å². The lowest BCUT2D eigenvalue weighted by atomic mass is 9.74. The molecule has 5 rings (SSSR count). The van der Waals surface area contributed by atoms with Crippen LogP contribution in [0.4, 0.5) is 0 Å². The van der Waals surface area contributed by atoms with E-state index in [9.17, 15) is 5.26 Å². The Bertz CT molecular complexity index is 1910. The molecule has 0 aliphatic rings. The molecular formula is C42H32N2O2. The lowest BCUT2D eigenvalue weighted by Crippen LogP contribution is -2.21. The van der Waals surface area contributed by atoms with Crippen LogP contribution in [0.2, 0.25) is 0 Å². The van der Waals surface area contributed by atoms with Crippen LogP contribution < -0.4 is 9.47 Å². The number of nitrogens with zero attached hydrogens (tertiary/aromatic N) is 2. The van der Waals surface area contributed by atoms with Gasteiger partial charge in [-0.2, -0.15) is 10.5 Å². The van der Waals surface area contributed by atoms with Gasteiger partial charge < -0.3 is 9.47 Å². The number of hydrogen-bond donors (Lipinski definition) is 0. The van der Waals surface area contributed by atoms with Gasteiger partial charge in [0.05, 0.1) is 11.1 Å². The van der Waals surface area contributed by atoms with Crippen molar-refractivity contribution in [2.75, 3.05) is 0 Å². The van der Waals surface area contributed by atoms with Crippen LogP contribution in [0.1, 0.15) is 72.2 Å². The van der Waals surface area contributed by atoms with Gasteiger partial charge >= 0.3 is 0 Å². The first kappa shape index (κ1) is 31.2. The summed E-state index contributed by atoms with van der Waals surface area (Å²) in [6.45, 7) is 8.84. The lowest BCUT2D eigenvalue weighted by molar-refractivity contribution is 0.481. The third kappa shape index (κ3) is 6.35. The summed E-state index contributed by atoms with van der Waals surface area (Å²) in [7, 11) is 0. The Kier molecular flexibility index (Phi) is 8.69. The van der Waals surface area contributed by atoms with E-state index in [1.165, 1.54) is 16.7 Å². The van der Waals surface area contributed by atoms with Crippen LogP contribution in [0.25, 0.3) is 0 Å². The first-order chi connectivity index (χ1) is 22.1. The summed E-state index contributed by atoms with van der Waals surface area (Å²) in [5, 5.41) is 18.5. The minimum absolute atomic E-state index is 0.234. The molecule has 46 heavy (non-hydrogen) atoms. The van der Waals surface area contributed by atoms with Crippen LogP contribution in [0.5, 0.6) is 23.0 Å². The van der Waals surface area contributed by atoms with Gasteiger partial charge in [0.1, 0.15) is 35.1 Å². The van der Waals surface area contributed by atoms with Gasteiger partial charge in [-0.3, -0.25) is 0 Å². The minimum atomic E-state index is -0.250. The Labute approximate surface area is 271 Å². The van der Waals surface area contributed by atoms with Crippen LogP contribution in [-0.4, -0.2) is 0 Å². The fourth-order valence-corrected chi connectivity index (χ4v) is 5.40. The molecule has 4 heteroatoms. The second-order valence-electron chi connectivity index (χ2n) is 12.0. The Balaban J connectivity index is 1.28. The van der Waals surface area contributed by atoms with E-state index in [2.05, 4.69) is 88.1 Å². The smallest absolute Gasteiger partial charge is 0.128 e. The molecule has 0 aromatic heterocycles. The number of nitriles is 2. The van der Waals surface area contributed by atoms with E-state index in [1.54, 1.807) is 30.3 Å². The molecule has 0 saturated heterocycles.